The minimum atomic E-state index is 0.445. The van der Waals surface area contributed by atoms with Gasteiger partial charge in [0.15, 0.2) is 0 Å². The molecule has 0 radical (unpaired) electrons. The zero-order valence-electron chi connectivity index (χ0n) is 9.75. The molecule has 0 atom stereocenters. The monoisotopic (exact) mass is 278 g/mol. The number of rotatable bonds is 8. The van der Waals surface area contributed by atoms with E-state index in [1.807, 2.05) is 12.1 Å². The van der Waals surface area contributed by atoms with E-state index in [0.717, 1.165) is 5.56 Å². The first-order chi connectivity index (χ1) is 8.27. The number of alkyl halides is 1. The Morgan fingerprint density at radius 1 is 1.12 bits per heavy atom. The van der Waals surface area contributed by atoms with Crippen molar-refractivity contribution in [3.63, 3.8) is 0 Å². The van der Waals surface area contributed by atoms with E-state index in [1.54, 1.807) is 13.2 Å². The van der Waals surface area contributed by atoms with Gasteiger partial charge in [-0.15, -0.1) is 11.6 Å². The van der Waals surface area contributed by atoms with Gasteiger partial charge in [-0.05, 0) is 17.7 Å². The van der Waals surface area contributed by atoms with Gasteiger partial charge in [-0.3, -0.25) is 0 Å². The fourth-order valence-electron chi connectivity index (χ4n) is 1.20. The molecule has 0 aromatic heterocycles. The highest BCUT2D eigenvalue weighted by molar-refractivity contribution is 6.32. The van der Waals surface area contributed by atoms with E-state index < -0.39 is 0 Å². The molecule has 0 fully saturated rings. The Morgan fingerprint density at radius 3 is 2.53 bits per heavy atom. The lowest BCUT2D eigenvalue weighted by Gasteiger charge is -2.09. The summed E-state index contributed by atoms with van der Waals surface area (Å²) in [6.45, 7) is 2.13. The normalized spacial score (nSPS) is 10.5. The molecular formula is C12H16Cl2O3. The van der Waals surface area contributed by atoms with E-state index in [2.05, 4.69) is 0 Å². The molecule has 1 aromatic carbocycles. The van der Waals surface area contributed by atoms with Crippen LogP contribution in [0, 0.1) is 0 Å². The third kappa shape index (κ3) is 5.59. The van der Waals surface area contributed by atoms with Crippen LogP contribution in [0.3, 0.4) is 0 Å². The van der Waals surface area contributed by atoms with Crippen LogP contribution >= 0.6 is 23.2 Å². The first kappa shape index (κ1) is 14.6. The lowest BCUT2D eigenvalue weighted by Crippen LogP contribution is -2.10. The van der Waals surface area contributed by atoms with Gasteiger partial charge in [-0.1, -0.05) is 17.7 Å². The van der Waals surface area contributed by atoms with Crippen molar-refractivity contribution in [3.05, 3.63) is 28.8 Å². The van der Waals surface area contributed by atoms with Gasteiger partial charge >= 0.3 is 0 Å². The van der Waals surface area contributed by atoms with Crippen molar-refractivity contribution in [2.24, 2.45) is 0 Å². The minimum absolute atomic E-state index is 0.445. The zero-order valence-corrected chi connectivity index (χ0v) is 11.3. The third-order valence-electron chi connectivity index (χ3n) is 2.07. The SMILES string of the molecule is COCCOCCOc1ccc(CCl)cc1Cl. The molecule has 1 rings (SSSR count). The quantitative estimate of drug-likeness (QED) is 0.540. The van der Waals surface area contributed by atoms with Crippen molar-refractivity contribution in [1.29, 1.82) is 0 Å². The second kappa shape index (κ2) is 8.59. The van der Waals surface area contributed by atoms with Crippen molar-refractivity contribution in [2.45, 2.75) is 5.88 Å². The summed E-state index contributed by atoms with van der Waals surface area (Å²) in [6.07, 6.45) is 0. The van der Waals surface area contributed by atoms with Crippen molar-refractivity contribution in [1.82, 2.24) is 0 Å². The smallest absolute Gasteiger partial charge is 0.138 e. The summed E-state index contributed by atoms with van der Waals surface area (Å²) in [6, 6.07) is 5.50. The lowest BCUT2D eigenvalue weighted by atomic mass is 10.2. The van der Waals surface area contributed by atoms with E-state index >= 15 is 0 Å². The highest BCUT2D eigenvalue weighted by atomic mass is 35.5. The number of hydrogen-bond acceptors (Lipinski definition) is 3. The number of hydrogen-bond donors (Lipinski definition) is 0. The molecule has 0 heterocycles. The first-order valence-corrected chi connectivity index (χ1v) is 6.23. The van der Waals surface area contributed by atoms with Crippen LogP contribution in [0.5, 0.6) is 5.75 Å². The Kier molecular flexibility index (Phi) is 7.37. The fraction of sp³-hybridized carbons (Fsp3) is 0.500. The fourth-order valence-corrected chi connectivity index (χ4v) is 1.62. The highest BCUT2D eigenvalue weighted by Gasteiger charge is 2.02. The predicted molar refractivity (Wildman–Crippen MR) is 69.2 cm³/mol. The van der Waals surface area contributed by atoms with Gasteiger partial charge in [0, 0.05) is 13.0 Å². The molecule has 0 aliphatic carbocycles. The van der Waals surface area contributed by atoms with Gasteiger partial charge in [0.05, 0.1) is 24.8 Å². The summed E-state index contributed by atoms with van der Waals surface area (Å²) >= 11 is 11.7. The Bertz CT molecular complexity index is 332. The van der Waals surface area contributed by atoms with E-state index in [4.69, 9.17) is 37.4 Å². The van der Waals surface area contributed by atoms with Gasteiger partial charge in [0.25, 0.3) is 0 Å². The summed E-state index contributed by atoms with van der Waals surface area (Å²) in [4.78, 5) is 0. The molecular weight excluding hydrogens is 263 g/mol. The summed E-state index contributed by atoms with van der Waals surface area (Å²) < 4.78 is 15.6. The topological polar surface area (TPSA) is 27.7 Å². The number of ether oxygens (including phenoxy) is 3. The van der Waals surface area contributed by atoms with Crippen molar-refractivity contribution < 1.29 is 14.2 Å². The summed E-state index contributed by atoms with van der Waals surface area (Å²) in [5.41, 5.74) is 0.973. The minimum Gasteiger partial charge on any atom is -0.490 e. The molecule has 5 heteroatoms. The van der Waals surface area contributed by atoms with Gasteiger partial charge in [-0.2, -0.15) is 0 Å². The molecule has 0 aliphatic heterocycles. The predicted octanol–water partition coefficient (Wildman–Crippen LogP) is 3.12. The van der Waals surface area contributed by atoms with Crippen molar-refractivity contribution in [3.8, 4) is 5.75 Å². The average Bonchev–Trinajstić information content (AvgIpc) is 2.35. The van der Waals surface area contributed by atoms with E-state index in [9.17, 15) is 0 Å². The zero-order chi connectivity index (χ0) is 12.5. The highest BCUT2D eigenvalue weighted by Crippen LogP contribution is 2.25. The van der Waals surface area contributed by atoms with Gasteiger partial charge in [0.1, 0.15) is 12.4 Å². The van der Waals surface area contributed by atoms with E-state index in [-0.39, 0.29) is 0 Å². The van der Waals surface area contributed by atoms with Crippen LogP contribution in [0.4, 0.5) is 0 Å². The summed E-state index contributed by atoms with van der Waals surface area (Å²) in [7, 11) is 1.64. The standard InChI is InChI=1S/C12H16Cl2O3/c1-15-4-5-16-6-7-17-12-3-2-10(9-13)8-11(12)14/h2-3,8H,4-7,9H2,1H3. The van der Waals surface area contributed by atoms with Gasteiger partial charge in [-0.25, -0.2) is 0 Å². The number of methoxy groups -OCH3 is 1. The number of halogens is 2. The van der Waals surface area contributed by atoms with Gasteiger partial charge < -0.3 is 14.2 Å². The Balaban J connectivity index is 2.27. The molecule has 0 bridgehead atoms. The van der Waals surface area contributed by atoms with E-state index in [0.29, 0.717) is 43.1 Å². The third-order valence-corrected chi connectivity index (χ3v) is 2.67. The van der Waals surface area contributed by atoms with Crippen LogP contribution in [0.2, 0.25) is 5.02 Å². The summed E-state index contributed by atoms with van der Waals surface area (Å²) in [5, 5.41) is 0.569. The molecule has 3 nitrogen and oxygen atoms in total. The Labute approximate surface area is 112 Å². The molecule has 0 amide bonds. The lowest BCUT2D eigenvalue weighted by molar-refractivity contribution is 0.0544. The van der Waals surface area contributed by atoms with Crippen molar-refractivity contribution in [2.75, 3.05) is 33.5 Å². The Morgan fingerprint density at radius 2 is 1.88 bits per heavy atom. The molecule has 0 aliphatic rings. The molecule has 0 saturated heterocycles. The molecule has 0 unspecified atom stereocenters. The molecule has 96 valence electrons. The van der Waals surface area contributed by atoms with Crippen LogP contribution < -0.4 is 4.74 Å². The molecule has 17 heavy (non-hydrogen) atoms. The van der Waals surface area contributed by atoms with Gasteiger partial charge in [0.2, 0.25) is 0 Å². The largest absolute Gasteiger partial charge is 0.490 e. The van der Waals surface area contributed by atoms with Crippen LogP contribution in [0.15, 0.2) is 18.2 Å². The molecule has 0 saturated carbocycles. The maximum Gasteiger partial charge on any atom is 0.138 e. The second-order valence-electron chi connectivity index (χ2n) is 3.35. The van der Waals surface area contributed by atoms with Crippen LogP contribution in [-0.4, -0.2) is 33.5 Å². The maximum absolute atomic E-state index is 6.03. The van der Waals surface area contributed by atoms with Crippen LogP contribution in [-0.2, 0) is 15.4 Å². The first-order valence-electron chi connectivity index (χ1n) is 5.31. The van der Waals surface area contributed by atoms with Crippen LogP contribution in [0.1, 0.15) is 5.56 Å². The molecule has 0 spiro atoms. The average molecular weight is 279 g/mol. The Hall–Kier alpha value is -0.480. The van der Waals surface area contributed by atoms with Crippen molar-refractivity contribution >= 4 is 23.2 Å². The second-order valence-corrected chi connectivity index (χ2v) is 4.03. The van der Waals surface area contributed by atoms with E-state index in [1.165, 1.54) is 0 Å². The summed E-state index contributed by atoms with van der Waals surface area (Å²) in [5.74, 6) is 1.09. The molecule has 1 aromatic rings. The molecule has 0 N–H and O–H groups in total. The van der Waals surface area contributed by atoms with Crippen LogP contribution in [0.25, 0.3) is 0 Å². The number of benzene rings is 1. The maximum atomic E-state index is 6.03.